The van der Waals surface area contributed by atoms with E-state index in [-0.39, 0.29) is 24.5 Å². The van der Waals surface area contributed by atoms with Crippen LogP contribution in [0.5, 0.6) is 0 Å². The zero-order chi connectivity index (χ0) is 20.6. The van der Waals surface area contributed by atoms with Gasteiger partial charge in [-0.1, -0.05) is 48.5 Å². The van der Waals surface area contributed by atoms with Crippen LogP contribution in [0.4, 0.5) is 5.69 Å². The van der Waals surface area contributed by atoms with Gasteiger partial charge in [-0.25, -0.2) is 9.59 Å². The number of carbonyl (C=O) groups is 3. The smallest absolute Gasteiger partial charge is 0.338 e. The largest absolute Gasteiger partial charge is 0.478 e. The Kier molecular flexibility index (Phi) is 6.37. The molecule has 1 amide bonds. The molecule has 0 radical (unpaired) electrons. The molecular weight excluding hydrogens is 370 g/mol. The van der Waals surface area contributed by atoms with Gasteiger partial charge in [0.15, 0.2) is 0 Å². The molecule has 0 heterocycles. The van der Waals surface area contributed by atoms with E-state index < -0.39 is 11.9 Å². The van der Waals surface area contributed by atoms with Crippen LogP contribution in [0, 0.1) is 0 Å². The minimum Gasteiger partial charge on any atom is -0.478 e. The van der Waals surface area contributed by atoms with Crippen molar-refractivity contribution in [2.24, 2.45) is 0 Å². The van der Waals surface area contributed by atoms with Crippen LogP contribution in [0.3, 0.4) is 0 Å². The lowest BCUT2D eigenvalue weighted by atomic mass is 10.0. The summed E-state index contributed by atoms with van der Waals surface area (Å²) in [4.78, 5) is 35.6. The van der Waals surface area contributed by atoms with Gasteiger partial charge in [-0.15, -0.1) is 0 Å². The summed E-state index contributed by atoms with van der Waals surface area (Å²) in [5.41, 5.74) is 2.29. The Morgan fingerprint density at radius 1 is 0.828 bits per heavy atom. The zero-order valence-corrected chi connectivity index (χ0v) is 15.5. The molecule has 6 nitrogen and oxygen atoms in total. The quantitative estimate of drug-likeness (QED) is 0.598. The Morgan fingerprint density at radius 2 is 1.48 bits per heavy atom. The Balaban J connectivity index is 1.57. The number of amides is 1. The van der Waals surface area contributed by atoms with E-state index in [9.17, 15) is 19.5 Å². The number of carboxylic acid groups (broad SMARTS) is 1. The first-order chi connectivity index (χ1) is 14.0. The van der Waals surface area contributed by atoms with Crippen molar-refractivity contribution in [2.45, 2.75) is 13.0 Å². The van der Waals surface area contributed by atoms with Crippen LogP contribution in [0.25, 0.3) is 0 Å². The third-order valence-electron chi connectivity index (χ3n) is 4.22. The van der Waals surface area contributed by atoms with Gasteiger partial charge in [0.25, 0.3) is 0 Å². The van der Waals surface area contributed by atoms with Crippen LogP contribution in [0.1, 0.15) is 31.8 Å². The lowest BCUT2D eigenvalue weighted by molar-refractivity contribution is -0.115. The Bertz CT molecular complexity index is 1010. The van der Waals surface area contributed by atoms with Crippen molar-refractivity contribution in [1.82, 2.24) is 0 Å². The second-order valence-electron chi connectivity index (χ2n) is 6.33. The maximum atomic E-state index is 12.2. The molecule has 0 aliphatic carbocycles. The van der Waals surface area contributed by atoms with Crippen LogP contribution >= 0.6 is 0 Å². The molecule has 29 heavy (non-hydrogen) atoms. The van der Waals surface area contributed by atoms with Gasteiger partial charge >= 0.3 is 11.9 Å². The van der Waals surface area contributed by atoms with Gasteiger partial charge < -0.3 is 15.2 Å². The summed E-state index contributed by atoms with van der Waals surface area (Å²) in [7, 11) is 0. The lowest BCUT2D eigenvalue weighted by Gasteiger charge is -2.09. The third kappa shape index (κ3) is 5.52. The molecular formula is C23H19NO5. The number of anilines is 1. The van der Waals surface area contributed by atoms with Crippen LogP contribution in [0.15, 0.2) is 78.9 Å². The molecule has 2 N–H and O–H groups in total. The molecule has 0 atom stereocenters. The van der Waals surface area contributed by atoms with Gasteiger partial charge in [0.2, 0.25) is 5.91 Å². The molecule has 0 aliphatic rings. The van der Waals surface area contributed by atoms with Crippen LogP contribution in [-0.2, 0) is 22.6 Å². The summed E-state index contributed by atoms with van der Waals surface area (Å²) in [6.45, 7) is 0.182. The maximum Gasteiger partial charge on any atom is 0.338 e. The van der Waals surface area contributed by atoms with Crippen LogP contribution < -0.4 is 5.32 Å². The molecule has 0 saturated carbocycles. The second-order valence-corrected chi connectivity index (χ2v) is 6.33. The van der Waals surface area contributed by atoms with Gasteiger partial charge in [0.1, 0.15) is 6.61 Å². The summed E-state index contributed by atoms with van der Waals surface area (Å²) in [5, 5.41) is 11.9. The lowest BCUT2D eigenvalue weighted by Crippen LogP contribution is -2.16. The van der Waals surface area contributed by atoms with Gasteiger partial charge in [0, 0.05) is 5.69 Å². The Hall–Kier alpha value is -3.93. The fourth-order valence-corrected chi connectivity index (χ4v) is 2.76. The number of rotatable bonds is 7. The highest BCUT2D eigenvalue weighted by molar-refractivity contribution is 5.96. The number of carbonyl (C=O) groups excluding carboxylic acids is 2. The van der Waals surface area contributed by atoms with E-state index in [2.05, 4.69) is 5.32 Å². The molecule has 3 rings (SSSR count). The first-order valence-corrected chi connectivity index (χ1v) is 8.95. The molecule has 0 aliphatic heterocycles. The Labute approximate surface area is 167 Å². The number of ether oxygens (including phenoxy) is 1. The van der Waals surface area contributed by atoms with E-state index in [4.69, 9.17) is 4.74 Å². The monoisotopic (exact) mass is 389 g/mol. The zero-order valence-electron chi connectivity index (χ0n) is 15.5. The molecule has 146 valence electrons. The highest BCUT2D eigenvalue weighted by Gasteiger charge is 2.13. The number of nitrogens with one attached hydrogen (secondary N) is 1. The topological polar surface area (TPSA) is 92.7 Å². The summed E-state index contributed by atoms with van der Waals surface area (Å²) >= 11 is 0. The van der Waals surface area contributed by atoms with Gasteiger partial charge in [-0.2, -0.15) is 0 Å². The number of carboxylic acids is 1. The van der Waals surface area contributed by atoms with Crippen LogP contribution in [-0.4, -0.2) is 23.0 Å². The third-order valence-corrected chi connectivity index (χ3v) is 4.22. The second kappa shape index (κ2) is 9.32. The molecule has 0 fully saturated rings. The van der Waals surface area contributed by atoms with E-state index in [0.717, 1.165) is 5.56 Å². The van der Waals surface area contributed by atoms with E-state index in [1.54, 1.807) is 42.5 Å². The van der Waals surface area contributed by atoms with Crippen molar-refractivity contribution in [3.63, 3.8) is 0 Å². The predicted molar refractivity (Wildman–Crippen MR) is 108 cm³/mol. The van der Waals surface area contributed by atoms with Gasteiger partial charge in [0.05, 0.1) is 17.5 Å². The average Bonchev–Trinajstić information content (AvgIpc) is 2.73. The fourth-order valence-electron chi connectivity index (χ4n) is 2.76. The van der Waals surface area contributed by atoms with Crippen molar-refractivity contribution < 1.29 is 24.2 Å². The van der Waals surface area contributed by atoms with Crippen molar-refractivity contribution in [3.8, 4) is 0 Å². The van der Waals surface area contributed by atoms with E-state index in [1.165, 1.54) is 6.07 Å². The molecule has 0 unspecified atom stereocenters. The molecule has 3 aromatic rings. The molecule has 0 saturated heterocycles. The number of benzene rings is 3. The number of hydrogen-bond acceptors (Lipinski definition) is 4. The van der Waals surface area contributed by atoms with Gasteiger partial charge in [-0.3, -0.25) is 4.79 Å². The highest BCUT2D eigenvalue weighted by atomic mass is 16.5. The molecule has 0 bridgehead atoms. The summed E-state index contributed by atoms with van der Waals surface area (Å²) in [6.07, 6.45) is -0.0661. The molecule has 3 aromatic carbocycles. The SMILES string of the molecule is O=C(Cc1ccccc1C(=O)O)Nc1ccc(C(=O)OCc2ccccc2)cc1. The number of hydrogen-bond donors (Lipinski definition) is 2. The van der Waals surface area contributed by atoms with Crippen LogP contribution in [0.2, 0.25) is 0 Å². The van der Waals surface area contributed by atoms with E-state index in [1.807, 2.05) is 30.3 Å². The standard InChI is InChI=1S/C23H19NO5/c25-21(14-18-8-4-5-9-20(18)22(26)27)24-19-12-10-17(11-13-19)23(28)29-15-16-6-2-1-3-7-16/h1-13H,14-15H2,(H,24,25)(H,26,27). The number of aromatic carboxylic acids is 1. The highest BCUT2D eigenvalue weighted by Crippen LogP contribution is 2.14. The molecule has 0 spiro atoms. The Morgan fingerprint density at radius 3 is 2.17 bits per heavy atom. The summed E-state index contributed by atoms with van der Waals surface area (Å²) < 4.78 is 5.27. The normalized spacial score (nSPS) is 10.2. The van der Waals surface area contributed by atoms with Gasteiger partial charge in [-0.05, 0) is 41.5 Å². The first kappa shape index (κ1) is 19.8. The van der Waals surface area contributed by atoms with E-state index in [0.29, 0.717) is 16.8 Å². The van der Waals surface area contributed by atoms with Crippen molar-refractivity contribution in [1.29, 1.82) is 0 Å². The summed E-state index contributed by atoms with van der Waals surface area (Å²) in [6, 6.07) is 22.1. The van der Waals surface area contributed by atoms with E-state index >= 15 is 0 Å². The average molecular weight is 389 g/mol. The molecule has 6 heteroatoms. The first-order valence-electron chi connectivity index (χ1n) is 8.95. The van der Waals surface area contributed by atoms with Crippen molar-refractivity contribution in [2.75, 3.05) is 5.32 Å². The maximum absolute atomic E-state index is 12.2. The summed E-state index contributed by atoms with van der Waals surface area (Å²) in [5.74, 6) is -1.88. The van der Waals surface area contributed by atoms with Crippen molar-refractivity contribution in [3.05, 3.63) is 101 Å². The minimum atomic E-state index is -1.08. The number of esters is 1. The molecule has 0 aromatic heterocycles. The predicted octanol–water partition coefficient (Wildman–Crippen LogP) is 3.92. The fraction of sp³-hybridized carbons (Fsp3) is 0.0870. The minimum absolute atomic E-state index is 0.0661. The van der Waals surface area contributed by atoms with Crippen molar-refractivity contribution >= 4 is 23.5 Å².